The predicted molar refractivity (Wildman–Crippen MR) is 60.4 cm³/mol. The minimum absolute atomic E-state index is 0.446. The normalized spacial score (nSPS) is 34.1. The molecule has 2 fully saturated rings. The van der Waals surface area contributed by atoms with Crippen molar-refractivity contribution in [2.75, 3.05) is 13.1 Å². The van der Waals surface area contributed by atoms with Gasteiger partial charge >= 0.3 is 0 Å². The van der Waals surface area contributed by atoms with Crippen molar-refractivity contribution in [2.24, 2.45) is 0 Å². The summed E-state index contributed by atoms with van der Waals surface area (Å²) < 4.78 is 0. The Morgan fingerprint density at radius 2 is 2.07 bits per heavy atom. The standard InChI is InChI=1S/C12H21N3/c1-10-8-14-9-12(6-7-13)15(10)11-4-2-3-5-11/h10-12,14H,2-6,8-9H2,1H3. The van der Waals surface area contributed by atoms with E-state index in [1.165, 1.54) is 25.7 Å². The summed E-state index contributed by atoms with van der Waals surface area (Å²) in [6, 6.07) is 4.12. The van der Waals surface area contributed by atoms with E-state index in [1.54, 1.807) is 0 Å². The third-order valence-corrected chi connectivity index (χ3v) is 3.82. The van der Waals surface area contributed by atoms with Crippen LogP contribution in [0.15, 0.2) is 0 Å². The van der Waals surface area contributed by atoms with Crippen molar-refractivity contribution in [3.05, 3.63) is 0 Å². The zero-order chi connectivity index (χ0) is 10.7. The topological polar surface area (TPSA) is 39.1 Å². The first-order chi connectivity index (χ1) is 7.33. The van der Waals surface area contributed by atoms with Crippen LogP contribution in [0, 0.1) is 11.3 Å². The van der Waals surface area contributed by atoms with Crippen molar-refractivity contribution in [2.45, 2.75) is 57.2 Å². The molecule has 2 atom stereocenters. The van der Waals surface area contributed by atoms with E-state index in [9.17, 15) is 0 Å². The van der Waals surface area contributed by atoms with Crippen molar-refractivity contribution >= 4 is 0 Å². The first-order valence-electron chi connectivity index (χ1n) is 6.18. The quantitative estimate of drug-likeness (QED) is 0.746. The Kier molecular flexibility index (Phi) is 3.61. The van der Waals surface area contributed by atoms with Crippen molar-refractivity contribution < 1.29 is 0 Å². The van der Waals surface area contributed by atoms with Crippen LogP contribution in [0.5, 0.6) is 0 Å². The Hall–Kier alpha value is -0.590. The molecule has 3 heteroatoms. The lowest BCUT2D eigenvalue weighted by atomic mass is 10.0. The van der Waals surface area contributed by atoms with Crippen LogP contribution in [0.25, 0.3) is 0 Å². The molecular formula is C12H21N3. The highest BCUT2D eigenvalue weighted by atomic mass is 15.3. The van der Waals surface area contributed by atoms with Gasteiger partial charge in [0, 0.05) is 31.2 Å². The molecule has 2 rings (SSSR count). The highest BCUT2D eigenvalue weighted by Gasteiger charge is 2.34. The van der Waals surface area contributed by atoms with Crippen molar-refractivity contribution in [1.29, 1.82) is 5.26 Å². The molecule has 0 bridgehead atoms. The molecule has 1 N–H and O–H groups in total. The largest absolute Gasteiger partial charge is 0.314 e. The first kappa shape index (κ1) is 10.9. The average molecular weight is 207 g/mol. The molecule has 0 aromatic heterocycles. The number of nitrogens with one attached hydrogen (secondary N) is 1. The van der Waals surface area contributed by atoms with Gasteiger partial charge in [-0.3, -0.25) is 4.90 Å². The molecule has 2 aliphatic rings. The summed E-state index contributed by atoms with van der Waals surface area (Å²) in [5.74, 6) is 0. The molecule has 0 aromatic carbocycles. The maximum absolute atomic E-state index is 8.86. The fourth-order valence-corrected chi connectivity index (χ4v) is 3.17. The molecule has 2 unspecified atom stereocenters. The van der Waals surface area contributed by atoms with Gasteiger partial charge in [-0.15, -0.1) is 0 Å². The lowest BCUT2D eigenvalue weighted by Gasteiger charge is -2.44. The number of piperazine rings is 1. The van der Waals surface area contributed by atoms with Crippen LogP contribution in [-0.4, -0.2) is 36.1 Å². The van der Waals surface area contributed by atoms with E-state index in [0.29, 0.717) is 18.5 Å². The van der Waals surface area contributed by atoms with Crippen LogP contribution in [-0.2, 0) is 0 Å². The first-order valence-corrected chi connectivity index (χ1v) is 6.18. The highest BCUT2D eigenvalue weighted by Crippen LogP contribution is 2.28. The van der Waals surface area contributed by atoms with E-state index in [2.05, 4.69) is 23.2 Å². The summed E-state index contributed by atoms with van der Waals surface area (Å²) in [7, 11) is 0. The maximum Gasteiger partial charge on any atom is 0.0638 e. The number of nitrogens with zero attached hydrogens (tertiary/aromatic N) is 2. The third-order valence-electron chi connectivity index (χ3n) is 3.82. The van der Waals surface area contributed by atoms with Crippen LogP contribution in [0.4, 0.5) is 0 Å². The smallest absolute Gasteiger partial charge is 0.0638 e. The number of rotatable bonds is 2. The van der Waals surface area contributed by atoms with Gasteiger partial charge in [0.05, 0.1) is 12.5 Å². The zero-order valence-corrected chi connectivity index (χ0v) is 9.58. The van der Waals surface area contributed by atoms with Crippen LogP contribution in [0.2, 0.25) is 0 Å². The van der Waals surface area contributed by atoms with E-state index in [-0.39, 0.29) is 0 Å². The summed E-state index contributed by atoms with van der Waals surface area (Å²) in [6.45, 7) is 4.36. The maximum atomic E-state index is 8.86. The lowest BCUT2D eigenvalue weighted by Crippen LogP contribution is -2.59. The minimum atomic E-state index is 0.446. The molecule has 1 aliphatic carbocycles. The molecule has 1 saturated heterocycles. The second kappa shape index (κ2) is 4.96. The number of hydrogen-bond acceptors (Lipinski definition) is 3. The van der Waals surface area contributed by atoms with Gasteiger partial charge in [0.1, 0.15) is 0 Å². The molecule has 0 aromatic rings. The van der Waals surface area contributed by atoms with E-state index >= 15 is 0 Å². The predicted octanol–water partition coefficient (Wildman–Crippen LogP) is 1.50. The molecule has 1 saturated carbocycles. The van der Waals surface area contributed by atoms with Crippen LogP contribution in [0.1, 0.15) is 39.0 Å². The Balaban J connectivity index is 2.04. The van der Waals surface area contributed by atoms with Gasteiger partial charge < -0.3 is 5.32 Å². The highest BCUT2D eigenvalue weighted by molar-refractivity contribution is 4.95. The summed E-state index contributed by atoms with van der Waals surface area (Å²) in [6.07, 6.45) is 6.10. The summed E-state index contributed by atoms with van der Waals surface area (Å²) in [5, 5.41) is 12.3. The van der Waals surface area contributed by atoms with Gasteiger partial charge in [-0.05, 0) is 19.8 Å². The van der Waals surface area contributed by atoms with E-state index in [0.717, 1.165) is 19.1 Å². The molecule has 0 spiro atoms. The van der Waals surface area contributed by atoms with Crippen molar-refractivity contribution in [3.63, 3.8) is 0 Å². The minimum Gasteiger partial charge on any atom is -0.314 e. The van der Waals surface area contributed by atoms with Gasteiger partial charge in [0.2, 0.25) is 0 Å². The van der Waals surface area contributed by atoms with Gasteiger partial charge in [-0.2, -0.15) is 5.26 Å². The molecular weight excluding hydrogens is 186 g/mol. The monoisotopic (exact) mass is 207 g/mol. The summed E-state index contributed by atoms with van der Waals surface area (Å²) in [5.41, 5.74) is 0. The molecule has 0 amide bonds. The van der Waals surface area contributed by atoms with Crippen LogP contribution >= 0.6 is 0 Å². The van der Waals surface area contributed by atoms with Crippen LogP contribution < -0.4 is 5.32 Å². The molecule has 84 valence electrons. The van der Waals surface area contributed by atoms with E-state index < -0.39 is 0 Å². The Morgan fingerprint density at radius 3 is 2.73 bits per heavy atom. The van der Waals surface area contributed by atoms with E-state index in [4.69, 9.17) is 5.26 Å². The second-order valence-electron chi connectivity index (χ2n) is 4.91. The Morgan fingerprint density at radius 1 is 1.33 bits per heavy atom. The number of nitriles is 1. The average Bonchev–Trinajstić information content (AvgIpc) is 2.71. The fraction of sp³-hybridized carbons (Fsp3) is 0.917. The molecule has 1 aliphatic heterocycles. The Labute approximate surface area is 92.4 Å². The third kappa shape index (κ3) is 2.32. The number of hydrogen-bond donors (Lipinski definition) is 1. The zero-order valence-electron chi connectivity index (χ0n) is 9.58. The molecule has 1 heterocycles. The fourth-order valence-electron chi connectivity index (χ4n) is 3.17. The van der Waals surface area contributed by atoms with Crippen LogP contribution in [0.3, 0.4) is 0 Å². The summed E-state index contributed by atoms with van der Waals surface area (Å²) in [4.78, 5) is 2.62. The Bertz CT molecular complexity index is 240. The van der Waals surface area contributed by atoms with Crippen molar-refractivity contribution in [3.8, 4) is 6.07 Å². The van der Waals surface area contributed by atoms with Gasteiger partial charge in [-0.1, -0.05) is 12.8 Å². The van der Waals surface area contributed by atoms with Gasteiger partial charge in [0.15, 0.2) is 0 Å². The SMILES string of the molecule is CC1CNCC(CC#N)N1C1CCCC1. The van der Waals surface area contributed by atoms with Crippen molar-refractivity contribution in [1.82, 2.24) is 10.2 Å². The van der Waals surface area contributed by atoms with Gasteiger partial charge in [-0.25, -0.2) is 0 Å². The molecule has 0 radical (unpaired) electrons. The summed E-state index contributed by atoms with van der Waals surface area (Å²) >= 11 is 0. The van der Waals surface area contributed by atoms with E-state index in [1.807, 2.05) is 0 Å². The lowest BCUT2D eigenvalue weighted by molar-refractivity contribution is 0.0621. The second-order valence-corrected chi connectivity index (χ2v) is 4.91. The molecule has 15 heavy (non-hydrogen) atoms. The van der Waals surface area contributed by atoms with Gasteiger partial charge in [0.25, 0.3) is 0 Å². The molecule has 3 nitrogen and oxygen atoms in total.